The smallest absolute Gasteiger partial charge is 0.211 e. The number of nitrogens with one attached hydrogen (secondary N) is 1. The molecule has 0 aromatic heterocycles. The van der Waals surface area contributed by atoms with E-state index in [0.29, 0.717) is 19.6 Å². The van der Waals surface area contributed by atoms with E-state index in [4.69, 9.17) is 16.3 Å². The molecule has 1 fully saturated rings. The molecular formula is C11H22ClNO3S. The van der Waals surface area contributed by atoms with E-state index in [1.54, 1.807) is 7.11 Å². The van der Waals surface area contributed by atoms with Gasteiger partial charge in [0.2, 0.25) is 10.0 Å². The van der Waals surface area contributed by atoms with Crippen molar-refractivity contribution in [3.63, 3.8) is 0 Å². The minimum Gasteiger partial charge on any atom is -0.385 e. The third-order valence-corrected chi connectivity index (χ3v) is 5.15. The zero-order chi connectivity index (χ0) is 12.7. The van der Waals surface area contributed by atoms with Crippen LogP contribution in [-0.4, -0.2) is 39.8 Å². The molecule has 1 saturated carbocycles. The molecule has 6 heteroatoms. The van der Waals surface area contributed by atoms with E-state index in [2.05, 4.69) is 4.72 Å². The van der Waals surface area contributed by atoms with Crippen molar-refractivity contribution in [2.24, 2.45) is 5.92 Å². The quantitative estimate of drug-likeness (QED) is 0.572. The highest BCUT2D eigenvalue weighted by Crippen LogP contribution is 2.28. The molecule has 1 aliphatic rings. The summed E-state index contributed by atoms with van der Waals surface area (Å²) >= 11 is 6.18. The van der Waals surface area contributed by atoms with Gasteiger partial charge in [0.05, 0.1) is 5.75 Å². The normalized spacial score (nSPS) is 26.0. The standard InChI is InChI=1S/C11H22ClNO3S/c1-16-7-4-8-17(14,15)13-9-10-5-2-3-6-11(10)12/h10-11,13H,2-9H2,1H3. The molecule has 0 aromatic carbocycles. The summed E-state index contributed by atoms with van der Waals surface area (Å²) in [6.45, 7) is 0.950. The Morgan fingerprint density at radius 3 is 2.71 bits per heavy atom. The fourth-order valence-electron chi connectivity index (χ4n) is 2.09. The molecule has 2 unspecified atom stereocenters. The molecular weight excluding hydrogens is 262 g/mol. The predicted molar refractivity (Wildman–Crippen MR) is 69.9 cm³/mol. The van der Waals surface area contributed by atoms with Gasteiger partial charge in [-0.25, -0.2) is 13.1 Å². The fraction of sp³-hybridized carbons (Fsp3) is 1.00. The van der Waals surface area contributed by atoms with Crippen molar-refractivity contribution in [1.82, 2.24) is 4.72 Å². The minimum atomic E-state index is -3.17. The van der Waals surface area contributed by atoms with Crippen LogP contribution in [0, 0.1) is 5.92 Å². The van der Waals surface area contributed by atoms with Crippen LogP contribution in [0.2, 0.25) is 0 Å². The zero-order valence-corrected chi connectivity index (χ0v) is 11.9. The van der Waals surface area contributed by atoms with Gasteiger partial charge in [0.25, 0.3) is 0 Å². The Morgan fingerprint density at radius 1 is 1.35 bits per heavy atom. The Morgan fingerprint density at radius 2 is 2.06 bits per heavy atom. The second kappa shape index (κ2) is 7.56. The van der Waals surface area contributed by atoms with Gasteiger partial charge in [0.1, 0.15) is 0 Å². The van der Waals surface area contributed by atoms with E-state index in [0.717, 1.165) is 25.7 Å². The van der Waals surface area contributed by atoms with Crippen LogP contribution in [0.15, 0.2) is 0 Å². The average Bonchev–Trinajstić information content (AvgIpc) is 2.28. The lowest BCUT2D eigenvalue weighted by molar-refractivity contribution is 0.199. The van der Waals surface area contributed by atoms with E-state index in [1.807, 2.05) is 0 Å². The summed E-state index contributed by atoms with van der Waals surface area (Å²) in [6, 6.07) is 0. The minimum absolute atomic E-state index is 0.116. The highest BCUT2D eigenvalue weighted by Gasteiger charge is 2.24. The monoisotopic (exact) mass is 283 g/mol. The molecule has 2 atom stereocenters. The maximum atomic E-state index is 11.6. The lowest BCUT2D eigenvalue weighted by Crippen LogP contribution is -2.36. The van der Waals surface area contributed by atoms with E-state index in [9.17, 15) is 8.42 Å². The van der Waals surface area contributed by atoms with Gasteiger partial charge < -0.3 is 4.74 Å². The van der Waals surface area contributed by atoms with Crippen molar-refractivity contribution in [3.05, 3.63) is 0 Å². The van der Waals surface area contributed by atoms with Gasteiger partial charge in [0, 0.05) is 25.6 Å². The third-order valence-electron chi connectivity index (χ3n) is 3.14. The first kappa shape index (κ1) is 15.2. The average molecular weight is 284 g/mol. The number of alkyl halides is 1. The Balaban J connectivity index is 2.28. The Kier molecular flexibility index (Phi) is 6.77. The number of rotatable bonds is 7. The van der Waals surface area contributed by atoms with Crippen molar-refractivity contribution in [1.29, 1.82) is 0 Å². The molecule has 102 valence electrons. The summed E-state index contributed by atoms with van der Waals surface area (Å²) in [7, 11) is -1.60. The summed E-state index contributed by atoms with van der Waals surface area (Å²) in [5.41, 5.74) is 0. The van der Waals surface area contributed by atoms with Crippen molar-refractivity contribution < 1.29 is 13.2 Å². The molecule has 0 aromatic rings. The molecule has 0 spiro atoms. The second-order valence-corrected chi connectivity index (χ2v) is 7.06. The zero-order valence-electron chi connectivity index (χ0n) is 10.3. The van der Waals surface area contributed by atoms with Crippen molar-refractivity contribution >= 4 is 21.6 Å². The van der Waals surface area contributed by atoms with Gasteiger partial charge >= 0.3 is 0 Å². The van der Waals surface area contributed by atoms with Crippen LogP contribution in [0.4, 0.5) is 0 Å². The van der Waals surface area contributed by atoms with E-state index < -0.39 is 10.0 Å². The van der Waals surface area contributed by atoms with E-state index in [-0.39, 0.29) is 17.0 Å². The maximum absolute atomic E-state index is 11.6. The molecule has 1 N–H and O–H groups in total. The number of hydrogen-bond acceptors (Lipinski definition) is 3. The summed E-state index contributed by atoms with van der Waals surface area (Å²) < 4.78 is 30.8. The number of halogens is 1. The summed E-state index contributed by atoms with van der Waals surface area (Å²) in [6.07, 6.45) is 4.86. The van der Waals surface area contributed by atoms with Crippen molar-refractivity contribution in [2.75, 3.05) is 26.0 Å². The summed E-state index contributed by atoms with van der Waals surface area (Å²) in [4.78, 5) is 0. The fourth-order valence-corrected chi connectivity index (χ4v) is 3.57. The topological polar surface area (TPSA) is 55.4 Å². The van der Waals surface area contributed by atoms with Crippen molar-refractivity contribution in [2.45, 2.75) is 37.5 Å². The first-order chi connectivity index (χ1) is 8.05. The highest BCUT2D eigenvalue weighted by atomic mass is 35.5. The number of hydrogen-bond donors (Lipinski definition) is 1. The number of ether oxygens (including phenoxy) is 1. The molecule has 4 nitrogen and oxygen atoms in total. The maximum Gasteiger partial charge on any atom is 0.211 e. The van der Waals surface area contributed by atoms with Crippen LogP contribution in [0.25, 0.3) is 0 Å². The van der Waals surface area contributed by atoms with Gasteiger partial charge in [-0.2, -0.15) is 0 Å². The first-order valence-electron chi connectivity index (χ1n) is 6.15. The van der Waals surface area contributed by atoms with Crippen LogP contribution in [0.1, 0.15) is 32.1 Å². The largest absolute Gasteiger partial charge is 0.385 e. The molecule has 0 amide bonds. The first-order valence-corrected chi connectivity index (χ1v) is 8.24. The highest BCUT2D eigenvalue weighted by molar-refractivity contribution is 7.89. The Bertz CT molecular complexity index is 308. The van der Waals surface area contributed by atoms with Gasteiger partial charge in [-0.15, -0.1) is 11.6 Å². The summed E-state index contributed by atoms with van der Waals surface area (Å²) in [5.74, 6) is 0.406. The Hall–Kier alpha value is 0.160. The second-order valence-electron chi connectivity index (χ2n) is 4.57. The van der Waals surface area contributed by atoms with Crippen LogP contribution >= 0.6 is 11.6 Å². The van der Waals surface area contributed by atoms with Crippen LogP contribution in [0.3, 0.4) is 0 Å². The van der Waals surface area contributed by atoms with Crippen LogP contribution in [-0.2, 0) is 14.8 Å². The van der Waals surface area contributed by atoms with E-state index >= 15 is 0 Å². The van der Waals surface area contributed by atoms with Crippen molar-refractivity contribution in [3.8, 4) is 0 Å². The SMILES string of the molecule is COCCCS(=O)(=O)NCC1CCCCC1Cl. The van der Waals surface area contributed by atoms with Gasteiger partial charge in [-0.3, -0.25) is 0 Å². The van der Waals surface area contributed by atoms with Gasteiger partial charge in [-0.1, -0.05) is 12.8 Å². The molecule has 0 aliphatic heterocycles. The number of sulfonamides is 1. The third kappa shape index (κ3) is 6.04. The molecule has 1 aliphatic carbocycles. The molecule has 0 saturated heterocycles. The lowest BCUT2D eigenvalue weighted by atomic mass is 9.89. The van der Waals surface area contributed by atoms with Crippen LogP contribution < -0.4 is 4.72 Å². The number of methoxy groups -OCH3 is 1. The van der Waals surface area contributed by atoms with Gasteiger partial charge in [0.15, 0.2) is 0 Å². The lowest BCUT2D eigenvalue weighted by Gasteiger charge is -2.26. The predicted octanol–water partition coefficient (Wildman–Crippen LogP) is 1.74. The van der Waals surface area contributed by atoms with E-state index in [1.165, 1.54) is 0 Å². The molecule has 1 rings (SSSR count). The molecule has 0 radical (unpaired) electrons. The van der Waals surface area contributed by atoms with Crippen LogP contribution in [0.5, 0.6) is 0 Å². The molecule has 17 heavy (non-hydrogen) atoms. The molecule has 0 heterocycles. The Labute approximate surface area is 109 Å². The summed E-state index contributed by atoms with van der Waals surface area (Å²) in [5, 5.41) is 0.116. The molecule has 0 bridgehead atoms. The van der Waals surface area contributed by atoms with Gasteiger partial charge in [-0.05, 0) is 25.2 Å².